The van der Waals surface area contributed by atoms with Gasteiger partial charge < -0.3 is 15.8 Å². The number of halogens is 1. The largest absolute Gasteiger partial charge is 0.492 e. The number of pyridine rings is 1. The standard InChI is InChI=1S/C13H14BrN3O/c14-12-2-1-8-16-13(12)17-10-3-5-11(6-4-10)18-9-7-15/h1-6,8H,7,9,15H2,(H,16,17). The van der Waals surface area contributed by atoms with Crippen molar-refractivity contribution in [2.45, 2.75) is 0 Å². The van der Waals surface area contributed by atoms with Crippen molar-refractivity contribution >= 4 is 27.4 Å². The van der Waals surface area contributed by atoms with Gasteiger partial charge in [0.1, 0.15) is 18.2 Å². The smallest absolute Gasteiger partial charge is 0.144 e. The molecule has 0 aliphatic carbocycles. The lowest BCUT2D eigenvalue weighted by Gasteiger charge is -2.08. The van der Waals surface area contributed by atoms with E-state index in [1.165, 1.54) is 0 Å². The summed E-state index contributed by atoms with van der Waals surface area (Å²) in [6.07, 6.45) is 1.74. The summed E-state index contributed by atoms with van der Waals surface area (Å²) in [5.74, 6) is 1.60. The van der Waals surface area contributed by atoms with Gasteiger partial charge in [-0.2, -0.15) is 0 Å². The highest BCUT2D eigenvalue weighted by Crippen LogP contribution is 2.24. The molecule has 0 aliphatic rings. The van der Waals surface area contributed by atoms with Crippen LogP contribution in [0.15, 0.2) is 47.1 Å². The van der Waals surface area contributed by atoms with Crippen LogP contribution in [-0.4, -0.2) is 18.1 Å². The van der Waals surface area contributed by atoms with Crippen molar-refractivity contribution in [1.29, 1.82) is 0 Å². The topological polar surface area (TPSA) is 60.2 Å². The number of rotatable bonds is 5. The molecule has 0 aliphatic heterocycles. The van der Waals surface area contributed by atoms with Gasteiger partial charge in [0, 0.05) is 18.4 Å². The maximum atomic E-state index is 5.41. The van der Waals surface area contributed by atoms with Crippen LogP contribution in [-0.2, 0) is 0 Å². The van der Waals surface area contributed by atoms with Gasteiger partial charge in [-0.15, -0.1) is 0 Å². The molecule has 0 bridgehead atoms. The van der Waals surface area contributed by atoms with Gasteiger partial charge >= 0.3 is 0 Å². The third kappa shape index (κ3) is 3.45. The zero-order valence-corrected chi connectivity index (χ0v) is 11.4. The van der Waals surface area contributed by atoms with Crippen LogP contribution < -0.4 is 15.8 Å². The van der Waals surface area contributed by atoms with Crippen LogP contribution in [0.3, 0.4) is 0 Å². The molecule has 94 valence electrons. The Kier molecular flexibility index (Phi) is 4.55. The summed E-state index contributed by atoms with van der Waals surface area (Å²) in [5, 5.41) is 3.22. The third-order valence-corrected chi connectivity index (χ3v) is 2.90. The van der Waals surface area contributed by atoms with Crippen molar-refractivity contribution in [3.8, 4) is 5.75 Å². The van der Waals surface area contributed by atoms with E-state index in [1.54, 1.807) is 6.20 Å². The van der Waals surface area contributed by atoms with Gasteiger partial charge in [-0.1, -0.05) is 0 Å². The molecule has 0 fully saturated rings. The lowest BCUT2D eigenvalue weighted by atomic mass is 10.3. The number of aromatic nitrogens is 1. The van der Waals surface area contributed by atoms with Crippen LogP contribution in [0.2, 0.25) is 0 Å². The first-order valence-electron chi connectivity index (χ1n) is 5.60. The highest BCUT2D eigenvalue weighted by atomic mass is 79.9. The van der Waals surface area contributed by atoms with Crippen LogP contribution in [0.1, 0.15) is 0 Å². The predicted molar refractivity (Wildman–Crippen MR) is 76.2 cm³/mol. The molecule has 0 atom stereocenters. The van der Waals surface area contributed by atoms with E-state index in [9.17, 15) is 0 Å². The van der Waals surface area contributed by atoms with Gasteiger partial charge in [-0.05, 0) is 52.3 Å². The summed E-state index contributed by atoms with van der Waals surface area (Å²) in [6.45, 7) is 1.04. The third-order valence-electron chi connectivity index (χ3n) is 2.26. The molecule has 0 saturated heterocycles. The SMILES string of the molecule is NCCOc1ccc(Nc2ncccc2Br)cc1. The molecule has 0 saturated carbocycles. The average molecular weight is 308 g/mol. The van der Waals surface area contributed by atoms with Crippen LogP contribution in [0, 0.1) is 0 Å². The molecule has 0 amide bonds. The molecule has 0 unspecified atom stereocenters. The van der Waals surface area contributed by atoms with Crippen LogP contribution in [0.4, 0.5) is 11.5 Å². The summed E-state index contributed by atoms with van der Waals surface area (Å²) in [5.41, 5.74) is 6.33. The fraction of sp³-hybridized carbons (Fsp3) is 0.154. The maximum absolute atomic E-state index is 5.41. The Morgan fingerprint density at radius 3 is 2.67 bits per heavy atom. The van der Waals surface area contributed by atoms with Crippen LogP contribution in [0.25, 0.3) is 0 Å². The fourth-order valence-electron chi connectivity index (χ4n) is 1.43. The quantitative estimate of drug-likeness (QED) is 0.891. The first-order valence-corrected chi connectivity index (χ1v) is 6.39. The molecule has 0 radical (unpaired) electrons. The number of nitrogens with two attached hydrogens (primary N) is 1. The van der Waals surface area contributed by atoms with Gasteiger partial charge in [0.2, 0.25) is 0 Å². The average Bonchev–Trinajstić information content (AvgIpc) is 2.41. The van der Waals surface area contributed by atoms with Gasteiger partial charge in [-0.25, -0.2) is 4.98 Å². The summed E-state index contributed by atoms with van der Waals surface area (Å²) in [6, 6.07) is 11.5. The summed E-state index contributed by atoms with van der Waals surface area (Å²) in [4.78, 5) is 4.24. The van der Waals surface area contributed by atoms with Crippen molar-refractivity contribution in [3.05, 3.63) is 47.1 Å². The summed E-state index contributed by atoms with van der Waals surface area (Å²) < 4.78 is 6.33. The first-order chi connectivity index (χ1) is 8.79. The Morgan fingerprint density at radius 1 is 1.22 bits per heavy atom. The van der Waals surface area contributed by atoms with E-state index in [0.717, 1.165) is 21.7 Å². The maximum Gasteiger partial charge on any atom is 0.144 e. The Morgan fingerprint density at radius 2 is 2.00 bits per heavy atom. The molecule has 1 aromatic heterocycles. The van der Waals surface area contributed by atoms with Gasteiger partial charge in [0.05, 0.1) is 4.47 Å². The molecule has 1 aromatic carbocycles. The van der Waals surface area contributed by atoms with Gasteiger partial charge in [0.15, 0.2) is 0 Å². The minimum absolute atomic E-state index is 0.515. The molecule has 5 heteroatoms. The second-order valence-electron chi connectivity index (χ2n) is 3.62. The normalized spacial score (nSPS) is 10.1. The molecule has 0 spiro atoms. The number of hydrogen-bond acceptors (Lipinski definition) is 4. The Balaban J connectivity index is 2.04. The van der Waals surface area contributed by atoms with Crippen molar-refractivity contribution in [2.24, 2.45) is 5.73 Å². The number of nitrogens with zero attached hydrogens (tertiary/aromatic N) is 1. The van der Waals surface area contributed by atoms with E-state index in [0.29, 0.717) is 13.2 Å². The monoisotopic (exact) mass is 307 g/mol. The Labute approximate surface area is 114 Å². The number of hydrogen-bond donors (Lipinski definition) is 2. The van der Waals surface area contributed by atoms with E-state index in [-0.39, 0.29) is 0 Å². The molecule has 2 aromatic rings. The fourth-order valence-corrected chi connectivity index (χ4v) is 1.78. The second-order valence-corrected chi connectivity index (χ2v) is 4.47. The van der Waals surface area contributed by atoms with E-state index >= 15 is 0 Å². The second kappa shape index (κ2) is 6.37. The molecular formula is C13H14BrN3O. The molecule has 2 rings (SSSR count). The molecule has 1 heterocycles. The first kappa shape index (κ1) is 12.9. The van der Waals surface area contributed by atoms with E-state index in [2.05, 4.69) is 26.2 Å². The molecular weight excluding hydrogens is 294 g/mol. The highest BCUT2D eigenvalue weighted by Gasteiger charge is 2.00. The lowest BCUT2D eigenvalue weighted by molar-refractivity contribution is 0.328. The predicted octanol–water partition coefficient (Wildman–Crippen LogP) is 2.93. The highest BCUT2D eigenvalue weighted by molar-refractivity contribution is 9.10. The minimum Gasteiger partial charge on any atom is -0.492 e. The van der Waals surface area contributed by atoms with Gasteiger partial charge in [0.25, 0.3) is 0 Å². The van der Waals surface area contributed by atoms with Crippen LogP contribution >= 0.6 is 15.9 Å². The minimum atomic E-state index is 0.515. The van der Waals surface area contributed by atoms with E-state index < -0.39 is 0 Å². The number of benzene rings is 1. The van der Waals surface area contributed by atoms with Crippen molar-refractivity contribution in [3.63, 3.8) is 0 Å². The van der Waals surface area contributed by atoms with Crippen LogP contribution in [0.5, 0.6) is 5.75 Å². The Bertz CT molecular complexity index is 502. The Hall–Kier alpha value is -1.59. The number of anilines is 2. The molecule has 18 heavy (non-hydrogen) atoms. The van der Waals surface area contributed by atoms with Crippen molar-refractivity contribution in [1.82, 2.24) is 4.98 Å². The summed E-state index contributed by atoms with van der Waals surface area (Å²) in [7, 11) is 0. The van der Waals surface area contributed by atoms with E-state index in [4.69, 9.17) is 10.5 Å². The summed E-state index contributed by atoms with van der Waals surface area (Å²) >= 11 is 3.44. The van der Waals surface area contributed by atoms with E-state index in [1.807, 2.05) is 36.4 Å². The zero-order valence-electron chi connectivity index (χ0n) is 9.77. The molecule has 3 N–H and O–H groups in total. The van der Waals surface area contributed by atoms with Crippen molar-refractivity contribution in [2.75, 3.05) is 18.5 Å². The zero-order chi connectivity index (χ0) is 12.8. The van der Waals surface area contributed by atoms with Crippen molar-refractivity contribution < 1.29 is 4.74 Å². The van der Waals surface area contributed by atoms with Gasteiger partial charge in [-0.3, -0.25) is 0 Å². The lowest BCUT2D eigenvalue weighted by Crippen LogP contribution is -2.10. The number of ether oxygens (including phenoxy) is 1. The number of nitrogens with one attached hydrogen (secondary N) is 1. The molecule has 4 nitrogen and oxygen atoms in total.